The maximum atomic E-state index is 6.17. The van der Waals surface area contributed by atoms with E-state index in [2.05, 4.69) is 27.9 Å². The third kappa shape index (κ3) is 2.19. The number of nitrogens with one attached hydrogen (secondary N) is 1. The summed E-state index contributed by atoms with van der Waals surface area (Å²) < 4.78 is 0. The van der Waals surface area contributed by atoms with Crippen molar-refractivity contribution in [1.82, 2.24) is 9.97 Å². The molecule has 3 rings (SSSR count). The summed E-state index contributed by atoms with van der Waals surface area (Å²) >= 11 is 6.17. The van der Waals surface area contributed by atoms with Crippen molar-refractivity contribution in [3.63, 3.8) is 0 Å². The Bertz CT molecular complexity index is 494. The molecule has 4 heteroatoms. The number of hydrogen-bond acceptors (Lipinski definition) is 2. The van der Waals surface area contributed by atoms with Crippen molar-refractivity contribution in [1.29, 1.82) is 0 Å². The molecular formula is C14H18ClN3. The Morgan fingerprint density at radius 2 is 2.06 bits per heavy atom. The molecule has 1 aliphatic rings. The van der Waals surface area contributed by atoms with Crippen molar-refractivity contribution < 1.29 is 0 Å². The number of fused-ring (bicyclic) bond motifs is 1. The molecule has 1 saturated heterocycles. The molecule has 96 valence electrons. The summed E-state index contributed by atoms with van der Waals surface area (Å²) in [6.07, 6.45) is 2.31. The molecule has 1 aromatic carbocycles. The average Bonchev–Trinajstić information content (AvgIpc) is 2.82. The molecular weight excluding hydrogens is 246 g/mol. The molecule has 1 fully saturated rings. The van der Waals surface area contributed by atoms with Crippen LogP contribution in [0.15, 0.2) is 24.3 Å². The molecule has 0 radical (unpaired) electrons. The lowest BCUT2D eigenvalue weighted by molar-refractivity contribution is 0.397. The van der Waals surface area contributed by atoms with E-state index in [1.165, 1.54) is 0 Å². The zero-order valence-electron chi connectivity index (χ0n) is 10.6. The Labute approximate surface area is 112 Å². The quantitative estimate of drug-likeness (QED) is 0.842. The minimum absolute atomic E-state index is 0.280. The van der Waals surface area contributed by atoms with E-state index in [4.69, 9.17) is 11.6 Å². The van der Waals surface area contributed by atoms with E-state index in [1.807, 2.05) is 18.2 Å². The molecule has 0 aliphatic carbocycles. The van der Waals surface area contributed by atoms with Gasteiger partial charge in [0.1, 0.15) is 0 Å². The van der Waals surface area contributed by atoms with Crippen LogP contribution >= 0.6 is 11.6 Å². The third-order valence-electron chi connectivity index (χ3n) is 3.87. The normalized spacial score (nSPS) is 19.3. The Morgan fingerprint density at radius 1 is 1.33 bits per heavy atom. The molecule has 0 spiro atoms. The summed E-state index contributed by atoms with van der Waals surface area (Å²) in [4.78, 5) is 10.4. The van der Waals surface area contributed by atoms with E-state index in [9.17, 15) is 0 Å². The smallest absolute Gasteiger partial charge is 0.203 e. The lowest BCUT2D eigenvalue weighted by atomic mass is 9.94. The maximum absolute atomic E-state index is 6.17. The number of alkyl halides is 1. The van der Waals surface area contributed by atoms with Gasteiger partial charge in [-0.05, 0) is 37.8 Å². The molecule has 0 bridgehead atoms. The van der Waals surface area contributed by atoms with Crippen molar-refractivity contribution in [2.45, 2.75) is 25.1 Å². The summed E-state index contributed by atoms with van der Waals surface area (Å²) in [5.74, 6) is 1.64. The second kappa shape index (κ2) is 4.81. The highest BCUT2D eigenvalue weighted by Crippen LogP contribution is 2.27. The minimum Gasteiger partial charge on any atom is -0.342 e. The van der Waals surface area contributed by atoms with Crippen molar-refractivity contribution >= 4 is 28.6 Å². The van der Waals surface area contributed by atoms with Crippen molar-refractivity contribution in [3.8, 4) is 0 Å². The number of piperidine rings is 1. The van der Waals surface area contributed by atoms with Gasteiger partial charge in [-0.25, -0.2) is 4.98 Å². The van der Waals surface area contributed by atoms with Gasteiger partial charge in [-0.1, -0.05) is 12.1 Å². The standard InChI is InChI=1S/C14H18ClN3/c1-10(15)11-6-8-18(9-7-11)14-16-12-4-2-3-5-13(12)17-14/h2-5,10-11H,6-9H2,1H3,(H,16,17). The molecule has 0 amide bonds. The SMILES string of the molecule is CC(Cl)C1CCN(c2nc3ccccc3[nH]2)CC1. The van der Waals surface area contributed by atoms with Crippen LogP contribution in [-0.4, -0.2) is 28.4 Å². The van der Waals surface area contributed by atoms with E-state index in [0.717, 1.165) is 42.9 Å². The lowest BCUT2D eigenvalue weighted by Crippen LogP contribution is -2.36. The van der Waals surface area contributed by atoms with Crippen LogP contribution in [0.3, 0.4) is 0 Å². The molecule has 3 nitrogen and oxygen atoms in total. The van der Waals surface area contributed by atoms with Gasteiger partial charge in [0, 0.05) is 18.5 Å². The number of benzene rings is 1. The number of aromatic nitrogens is 2. The highest BCUT2D eigenvalue weighted by molar-refractivity contribution is 6.20. The molecule has 1 aromatic heterocycles. The van der Waals surface area contributed by atoms with Crippen LogP contribution in [0.5, 0.6) is 0 Å². The molecule has 1 aliphatic heterocycles. The number of halogens is 1. The van der Waals surface area contributed by atoms with Gasteiger partial charge < -0.3 is 9.88 Å². The molecule has 1 unspecified atom stereocenters. The van der Waals surface area contributed by atoms with Gasteiger partial charge in [0.05, 0.1) is 11.0 Å². The summed E-state index contributed by atoms with van der Waals surface area (Å²) in [6, 6.07) is 8.17. The van der Waals surface area contributed by atoms with Crippen LogP contribution in [-0.2, 0) is 0 Å². The highest BCUT2D eigenvalue weighted by atomic mass is 35.5. The van der Waals surface area contributed by atoms with Crippen LogP contribution in [0.25, 0.3) is 11.0 Å². The average molecular weight is 264 g/mol. The summed E-state index contributed by atoms with van der Waals surface area (Å²) in [6.45, 7) is 4.19. The third-order valence-corrected chi connectivity index (χ3v) is 4.22. The Kier molecular flexibility index (Phi) is 3.16. The minimum atomic E-state index is 0.280. The van der Waals surface area contributed by atoms with Gasteiger partial charge in [-0.2, -0.15) is 0 Å². The zero-order chi connectivity index (χ0) is 12.5. The van der Waals surface area contributed by atoms with E-state index >= 15 is 0 Å². The van der Waals surface area contributed by atoms with E-state index in [0.29, 0.717) is 5.92 Å². The van der Waals surface area contributed by atoms with Crippen molar-refractivity contribution in [3.05, 3.63) is 24.3 Å². The first-order chi connectivity index (χ1) is 8.74. The van der Waals surface area contributed by atoms with Gasteiger partial charge in [0.2, 0.25) is 5.95 Å². The van der Waals surface area contributed by atoms with Crippen LogP contribution in [0, 0.1) is 5.92 Å². The van der Waals surface area contributed by atoms with Crippen LogP contribution in [0.4, 0.5) is 5.95 Å². The Balaban J connectivity index is 1.76. The largest absolute Gasteiger partial charge is 0.342 e. The summed E-state index contributed by atoms with van der Waals surface area (Å²) in [5.41, 5.74) is 2.15. The Hall–Kier alpha value is -1.22. The predicted octanol–water partition coefficient (Wildman–Crippen LogP) is 3.41. The zero-order valence-corrected chi connectivity index (χ0v) is 11.3. The number of para-hydroxylation sites is 2. The monoisotopic (exact) mass is 263 g/mol. The van der Waals surface area contributed by atoms with Gasteiger partial charge in [0.15, 0.2) is 0 Å². The number of anilines is 1. The summed E-state index contributed by atoms with van der Waals surface area (Å²) in [7, 11) is 0. The molecule has 18 heavy (non-hydrogen) atoms. The second-order valence-electron chi connectivity index (χ2n) is 5.08. The predicted molar refractivity (Wildman–Crippen MR) is 76.3 cm³/mol. The Morgan fingerprint density at radius 3 is 2.72 bits per heavy atom. The van der Waals surface area contributed by atoms with Crippen molar-refractivity contribution in [2.75, 3.05) is 18.0 Å². The van der Waals surface area contributed by atoms with E-state index < -0.39 is 0 Å². The van der Waals surface area contributed by atoms with Crippen LogP contribution in [0.1, 0.15) is 19.8 Å². The first-order valence-corrected chi connectivity index (χ1v) is 7.01. The van der Waals surface area contributed by atoms with Gasteiger partial charge in [-0.3, -0.25) is 0 Å². The fourth-order valence-corrected chi connectivity index (χ4v) is 2.91. The fraction of sp³-hybridized carbons (Fsp3) is 0.500. The molecule has 2 aromatic rings. The fourth-order valence-electron chi connectivity index (χ4n) is 2.66. The molecule has 0 saturated carbocycles. The highest BCUT2D eigenvalue weighted by Gasteiger charge is 2.24. The number of imidazole rings is 1. The molecule has 2 heterocycles. The second-order valence-corrected chi connectivity index (χ2v) is 5.77. The van der Waals surface area contributed by atoms with Gasteiger partial charge >= 0.3 is 0 Å². The van der Waals surface area contributed by atoms with Gasteiger partial charge in [0.25, 0.3) is 0 Å². The number of rotatable bonds is 2. The number of aromatic amines is 1. The van der Waals surface area contributed by atoms with E-state index in [-0.39, 0.29) is 5.38 Å². The maximum Gasteiger partial charge on any atom is 0.203 e. The number of nitrogens with zero attached hydrogens (tertiary/aromatic N) is 2. The first kappa shape index (κ1) is 11.8. The molecule has 1 N–H and O–H groups in total. The van der Waals surface area contributed by atoms with Crippen LogP contribution in [0.2, 0.25) is 0 Å². The number of H-pyrrole nitrogens is 1. The molecule has 1 atom stereocenters. The van der Waals surface area contributed by atoms with Crippen LogP contribution < -0.4 is 4.90 Å². The lowest BCUT2D eigenvalue weighted by Gasteiger charge is -2.32. The topological polar surface area (TPSA) is 31.9 Å². The van der Waals surface area contributed by atoms with E-state index in [1.54, 1.807) is 0 Å². The first-order valence-electron chi connectivity index (χ1n) is 6.58. The van der Waals surface area contributed by atoms with Crippen molar-refractivity contribution in [2.24, 2.45) is 5.92 Å². The summed E-state index contributed by atoms with van der Waals surface area (Å²) in [5, 5.41) is 0.280. The van der Waals surface area contributed by atoms with Gasteiger partial charge in [-0.15, -0.1) is 11.6 Å². The number of hydrogen-bond donors (Lipinski definition) is 1.